The predicted molar refractivity (Wildman–Crippen MR) is 59.9 cm³/mol. The van der Waals surface area contributed by atoms with E-state index in [1.165, 1.54) is 0 Å². The summed E-state index contributed by atoms with van der Waals surface area (Å²) in [4.78, 5) is 13.3. The summed E-state index contributed by atoms with van der Waals surface area (Å²) < 4.78 is 0. The molecule has 1 aliphatic rings. The quantitative estimate of drug-likeness (QED) is 0.726. The third-order valence-electron chi connectivity index (χ3n) is 3.07. The number of carbonyl (C=O) groups is 1. The standard InChI is InChI=1S/C11H22N2O2/c1-8(2)10(11(14)15)12-9-4-6-13(3)7-5-9/h8-10,12H,4-7H2,1-3H3,(H,14,15). The second kappa shape index (κ2) is 5.47. The zero-order valence-corrected chi connectivity index (χ0v) is 9.86. The van der Waals surface area contributed by atoms with Crippen molar-refractivity contribution in [3.8, 4) is 0 Å². The largest absolute Gasteiger partial charge is 0.480 e. The molecule has 2 N–H and O–H groups in total. The maximum absolute atomic E-state index is 11.0. The Balaban J connectivity index is 2.41. The molecule has 1 fully saturated rings. The number of nitrogens with one attached hydrogen (secondary N) is 1. The maximum atomic E-state index is 11.0. The highest BCUT2D eigenvalue weighted by molar-refractivity contribution is 5.73. The van der Waals surface area contributed by atoms with Crippen LogP contribution in [0, 0.1) is 5.92 Å². The Morgan fingerprint density at radius 3 is 2.33 bits per heavy atom. The Labute approximate surface area is 91.6 Å². The summed E-state index contributed by atoms with van der Waals surface area (Å²) in [5, 5.41) is 12.3. The van der Waals surface area contributed by atoms with Gasteiger partial charge >= 0.3 is 5.97 Å². The highest BCUT2D eigenvalue weighted by Crippen LogP contribution is 2.11. The number of rotatable bonds is 4. The van der Waals surface area contributed by atoms with Gasteiger partial charge in [0.25, 0.3) is 0 Å². The Hall–Kier alpha value is -0.610. The molecule has 1 rings (SSSR count). The van der Waals surface area contributed by atoms with Crippen LogP contribution in [-0.2, 0) is 4.79 Å². The number of hydrogen-bond acceptors (Lipinski definition) is 3. The van der Waals surface area contributed by atoms with Gasteiger partial charge in [-0.2, -0.15) is 0 Å². The van der Waals surface area contributed by atoms with Crippen LogP contribution in [0.15, 0.2) is 0 Å². The lowest BCUT2D eigenvalue weighted by Crippen LogP contribution is -2.50. The molecule has 15 heavy (non-hydrogen) atoms. The summed E-state index contributed by atoms with van der Waals surface area (Å²) >= 11 is 0. The molecule has 4 heteroatoms. The molecule has 88 valence electrons. The normalized spacial score (nSPS) is 21.9. The molecule has 0 radical (unpaired) electrons. The van der Waals surface area contributed by atoms with Crippen LogP contribution >= 0.6 is 0 Å². The van der Waals surface area contributed by atoms with Crippen molar-refractivity contribution in [1.29, 1.82) is 0 Å². The van der Waals surface area contributed by atoms with Crippen LogP contribution in [-0.4, -0.2) is 48.2 Å². The first kappa shape index (κ1) is 12.5. The van der Waals surface area contributed by atoms with Gasteiger partial charge in [0.1, 0.15) is 6.04 Å². The van der Waals surface area contributed by atoms with Crippen molar-refractivity contribution in [3.05, 3.63) is 0 Å². The van der Waals surface area contributed by atoms with E-state index in [2.05, 4.69) is 17.3 Å². The fraction of sp³-hybridized carbons (Fsp3) is 0.909. The molecule has 0 aromatic heterocycles. The monoisotopic (exact) mass is 214 g/mol. The second-order valence-corrected chi connectivity index (χ2v) is 4.80. The van der Waals surface area contributed by atoms with E-state index in [4.69, 9.17) is 5.11 Å². The summed E-state index contributed by atoms with van der Waals surface area (Å²) in [6.45, 7) is 6.01. The van der Waals surface area contributed by atoms with E-state index < -0.39 is 12.0 Å². The Bertz CT molecular complexity index is 211. The minimum absolute atomic E-state index is 0.141. The van der Waals surface area contributed by atoms with E-state index in [9.17, 15) is 4.79 Å². The van der Waals surface area contributed by atoms with Gasteiger partial charge < -0.3 is 15.3 Å². The topological polar surface area (TPSA) is 52.6 Å². The molecule has 1 unspecified atom stereocenters. The fourth-order valence-corrected chi connectivity index (χ4v) is 1.98. The Kier molecular flexibility index (Phi) is 4.54. The lowest BCUT2D eigenvalue weighted by molar-refractivity contribution is -0.141. The van der Waals surface area contributed by atoms with Gasteiger partial charge in [0.05, 0.1) is 0 Å². The molecule has 4 nitrogen and oxygen atoms in total. The third kappa shape index (κ3) is 3.80. The van der Waals surface area contributed by atoms with Gasteiger partial charge in [-0.25, -0.2) is 0 Å². The number of piperidine rings is 1. The van der Waals surface area contributed by atoms with Gasteiger partial charge in [-0.15, -0.1) is 0 Å². The van der Waals surface area contributed by atoms with Gasteiger partial charge in [-0.1, -0.05) is 13.8 Å². The molecule has 0 saturated carbocycles. The molecular formula is C11H22N2O2. The van der Waals surface area contributed by atoms with Crippen molar-refractivity contribution in [1.82, 2.24) is 10.2 Å². The number of hydrogen-bond donors (Lipinski definition) is 2. The fourth-order valence-electron chi connectivity index (χ4n) is 1.98. The smallest absolute Gasteiger partial charge is 0.320 e. The van der Waals surface area contributed by atoms with E-state index in [1.54, 1.807) is 0 Å². The maximum Gasteiger partial charge on any atom is 0.320 e. The van der Waals surface area contributed by atoms with E-state index in [-0.39, 0.29) is 5.92 Å². The van der Waals surface area contributed by atoms with Crippen LogP contribution in [0.3, 0.4) is 0 Å². The molecule has 0 spiro atoms. The lowest BCUT2D eigenvalue weighted by Gasteiger charge is -2.32. The summed E-state index contributed by atoms with van der Waals surface area (Å²) in [7, 11) is 2.10. The van der Waals surface area contributed by atoms with E-state index in [0.29, 0.717) is 6.04 Å². The molecule has 1 heterocycles. The SMILES string of the molecule is CC(C)C(NC1CCN(C)CC1)C(=O)O. The van der Waals surface area contributed by atoms with Crippen molar-refractivity contribution in [2.45, 2.75) is 38.8 Å². The molecule has 1 atom stereocenters. The Morgan fingerprint density at radius 1 is 1.40 bits per heavy atom. The zero-order valence-electron chi connectivity index (χ0n) is 9.86. The van der Waals surface area contributed by atoms with E-state index in [1.807, 2.05) is 13.8 Å². The number of carboxylic acids is 1. The first-order valence-electron chi connectivity index (χ1n) is 5.68. The van der Waals surface area contributed by atoms with Gasteiger partial charge in [-0.3, -0.25) is 4.79 Å². The summed E-state index contributed by atoms with van der Waals surface area (Å²) in [5.74, 6) is -0.592. The predicted octanol–water partition coefficient (Wildman–Crippen LogP) is 0.779. The molecule has 1 saturated heterocycles. The van der Waals surface area contributed by atoms with Crippen LogP contribution < -0.4 is 5.32 Å². The minimum Gasteiger partial charge on any atom is -0.480 e. The summed E-state index contributed by atoms with van der Waals surface area (Å²) in [5.41, 5.74) is 0. The van der Waals surface area contributed by atoms with Crippen LogP contribution in [0.25, 0.3) is 0 Å². The van der Waals surface area contributed by atoms with Crippen molar-refractivity contribution in [3.63, 3.8) is 0 Å². The first-order chi connectivity index (χ1) is 7.00. The first-order valence-corrected chi connectivity index (χ1v) is 5.68. The molecule has 0 bridgehead atoms. The van der Waals surface area contributed by atoms with Gasteiger partial charge in [-0.05, 0) is 38.9 Å². The molecule has 0 aromatic carbocycles. The minimum atomic E-state index is -0.732. The summed E-state index contributed by atoms with van der Waals surface area (Å²) in [6, 6.07) is -0.0388. The highest BCUT2D eigenvalue weighted by atomic mass is 16.4. The zero-order chi connectivity index (χ0) is 11.4. The third-order valence-corrected chi connectivity index (χ3v) is 3.07. The van der Waals surface area contributed by atoms with Crippen LogP contribution in [0.5, 0.6) is 0 Å². The molecular weight excluding hydrogens is 192 g/mol. The molecule has 0 aliphatic carbocycles. The van der Waals surface area contributed by atoms with Crippen molar-refractivity contribution in [2.24, 2.45) is 5.92 Å². The van der Waals surface area contributed by atoms with Crippen LogP contribution in [0.2, 0.25) is 0 Å². The van der Waals surface area contributed by atoms with E-state index >= 15 is 0 Å². The lowest BCUT2D eigenvalue weighted by atomic mass is 9.99. The Morgan fingerprint density at radius 2 is 1.93 bits per heavy atom. The second-order valence-electron chi connectivity index (χ2n) is 4.80. The highest BCUT2D eigenvalue weighted by Gasteiger charge is 2.26. The van der Waals surface area contributed by atoms with Crippen molar-refractivity contribution < 1.29 is 9.90 Å². The van der Waals surface area contributed by atoms with Crippen molar-refractivity contribution in [2.75, 3.05) is 20.1 Å². The van der Waals surface area contributed by atoms with E-state index in [0.717, 1.165) is 25.9 Å². The summed E-state index contributed by atoms with van der Waals surface area (Å²) in [6.07, 6.45) is 2.10. The molecule has 0 amide bonds. The van der Waals surface area contributed by atoms with Gasteiger partial charge in [0.15, 0.2) is 0 Å². The van der Waals surface area contributed by atoms with Gasteiger partial charge in [0, 0.05) is 6.04 Å². The molecule has 1 aliphatic heterocycles. The number of carboxylic acid groups (broad SMARTS) is 1. The average molecular weight is 214 g/mol. The van der Waals surface area contributed by atoms with Crippen molar-refractivity contribution >= 4 is 5.97 Å². The number of nitrogens with zero attached hydrogens (tertiary/aromatic N) is 1. The van der Waals surface area contributed by atoms with Gasteiger partial charge in [0.2, 0.25) is 0 Å². The van der Waals surface area contributed by atoms with Crippen LogP contribution in [0.1, 0.15) is 26.7 Å². The molecule has 0 aromatic rings. The number of likely N-dealkylation sites (tertiary alicyclic amines) is 1. The van der Waals surface area contributed by atoms with Crippen LogP contribution in [0.4, 0.5) is 0 Å². The average Bonchev–Trinajstić information content (AvgIpc) is 2.15. The number of aliphatic carboxylic acids is 1.